The maximum atomic E-state index is 15.1. The zero-order valence-electron chi connectivity index (χ0n) is 21.5. The van der Waals surface area contributed by atoms with Gasteiger partial charge in [0.05, 0.1) is 26.2 Å². The van der Waals surface area contributed by atoms with Gasteiger partial charge in [-0.15, -0.1) is 0 Å². The van der Waals surface area contributed by atoms with Gasteiger partial charge in [-0.05, 0) is 48.0 Å². The van der Waals surface area contributed by atoms with Crippen molar-refractivity contribution in [2.24, 2.45) is 0 Å². The Bertz CT molecular complexity index is 1360. The molecule has 2 heterocycles. The molecule has 1 saturated heterocycles. The van der Waals surface area contributed by atoms with Crippen molar-refractivity contribution in [1.82, 2.24) is 9.80 Å². The summed E-state index contributed by atoms with van der Waals surface area (Å²) < 4.78 is 39.4. The third-order valence-corrected chi connectivity index (χ3v) is 7.45. The van der Waals surface area contributed by atoms with Crippen molar-refractivity contribution >= 4 is 17.5 Å². The second-order valence-corrected chi connectivity index (χ2v) is 9.44. The molecule has 0 aromatic heterocycles. The first kappa shape index (κ1) is 25.5. The van der Waals surface area contributed by atoms with Crippen LogP contribution in [0.1, 0.15) is 33.4 Å². The lowest BCUT2D eigenvalue weighted by Gasteiger charge is -2.43. The van der Waals surface area contributed by atoms with E-state index in [4.69, 9.17) is 9.47 Å². The van der Waals surface area contributed by atoms with E-state index >= 15 is 4.39 Å². The molecule has 0 aliphatic carbocycles. The number of fused-ring (bicyclic) bond motifs is 1. The van der Waals surface area contributed by atoms with E-state index in [2.05, 4.69) is 4.90 Å². The Morgan fingerprint density at radius 2 is 1.50 bits per heavy atom. The number of amides is 2. The molecule has 2 aliphatic heterocycles. The van der Waals surface area contributed by atoms with E-state index in [0.717, 1.165) is 5.69 Å². The first-order valence-electron chi connectivity index (χ1n) is 12.4. The zero-order chi connectivity index (χ0) is 27.0. The van der Waals surface area contributed by atoms with Crippen molar-refractivity contribution < 1.29 is 27.8 Å². The lowest BCUT2D eigenvalue weighted by atomic mass is 9.78. The predicted molar refractivity (Wildman–Crippen MR) is 139 cm³/mol. The van der Waals surface area contributed by atoms with Crippen molar-refractivity contribution in [3.63, 3.8) is 0 Å². The lowest BCUT2D eigenvalue weighted by Crippen LogP contribution is -2.53. The Labute approximate surface area is 220 Å². The number of anilines is 1. The number of piperazine rings is 1. The monoisotopic (exact) mass is 521 g/mol. The molecular formula is C29H29F2N3O4. The van der Waals surface area contributed by atoms with E-state index in [9.17, 15) is 14.0 Å². The van der Waals surface area contributed by atoms with Gasteiger partial charge in [-0.1, -0.05) is 18.2 Å². The number of carbonyl (C=O) groups excluding carboxylic acids is 2. The van der Waals surface area contributed by atoms with Gasteiger partial charge >= 0.3 is 0 Å². The molecule has 2 aliphatic rings. The van der Waals surface area contributed by atoms with Gasteiger partial charge in [-0.25, -0.2) is 8.78 Å². The number of rotatable bonds is 5. The normalized spacial score (nSPS) is 19.3. The molecule has 2 atom stereocenters. The number of hydrogen-bond acceptors (Lipinski definition) is 5. The minimum atomic E-state index is -0.859. The minimum Gasteiger partial charge on any atom is -0.493 e. The fourth-order valence-electron chi connectivity index (χ4n) is 5.45. The van der Waals surface area contributed by atoms with E-state index in [1.165, 1.54) is 37.3 Å². The second-order valence-electron chi connectivity index (χ2n) is 9.44. The molecule has 1 fully saturated rings. The highest BCUT2D eigenvalue weighted by atomic mass is 19.1. The second kappa shape index (κ2) is 10.3. The number of hydrogen-bond donors (Lipinski definition) is 0. The van der Waals surface area contributed by atoms with Gasteiger partial charge in [0.1, 0.15) is 11.6 Å². The SMILES string of the molecule is COc1cc2c(cc1OC)[C@@H](C(=O)N1CCN(c3ccc(F)cc3)CC1)[C@@H](c1ccccc1F)N(C)C2=O. The summed E-state index contributed by atoms with van der Waals surface area (Å²) in [5, 5.41) is 0. The Morgan fingerprint density at radius 3 is 2.13 bits per heavy atom. The third-order valence-electron chi connectivity index (χ3n) is 7.45. The van der Waals surface area contributed by atoms with Crippen molar-refractivity contribution in [3.05, 3.63) is 89.0 Å². The molecule has 0 spiro atoms. The largest absolute Gasteiger partial charge is 0.493 e. The number of halogens is 2. The summed E-state index contributed by atoms with van der Waals surface area (Å²) in [6.45, 7) is 1.97. The van der Waals surface area contributed by atoms with E-state index in [0.29, 0.717) is 48.8 Å². The van der Waals surface area contributed by atoms with Crippen LogP contribution in [0.2, 0.25) is 0 Å². The summed E-state index contributed by atoms with van der Waals surface area (Å²) in [4.78, 5) is 33.0. The molecule has 0 radical (unpaired) electrons. The van der Waals surface area contributed by atoms with Gasteiger partial charge in [0.25, 0.3) is 5.91 Å². The highest BCUT2D eigenvalue weighted by Gasteiger charge is 2.46. The molecule has 0 N–H and O–H groups in total. The molecule has 0 saturated carbocycles. The molecule has 7 nitrogen and oxygen atoms in total. The van der Waals surface area contributed by atoms with E-state index < -0.39 is 17.8 Å². The maximum absolute atomic E-state index is 15.1. The van der Waals surface area contributed by atoms with Crippen LogP contribution in [0.5, 0.6) is 11.5 Å². The summed E-state index contributed by atoms with van der Waals surface area (Å²) >= 11 is 0. The average molecular weight is 522 g/mol. The summed E-state index contributed by atoms with van der Waals surface area (Å²) in [5.74, 6) is -1.43. The van der Waals surface area contributed by atoms with Crippen molar-refractivity contribution in [1.29, 1.82) is 0 Å². The molecule has 2 amide bonds. The van der Waals surface area contributed by atoms with Gasteiger partial charge < -0.3 is 24.2 Å². The molecule has 0 bridgehead atoms. The number of carbonyl (C=O) groups is 2. The fraction of sp³-hybridized carbons (Fsp3) is 0.310. The minimum absolute atomic E-state index is 0.204. The summed E-state index contributed by atoms with van der Waals surface area (Å²) in [6.07, 6.45) is 0. The smallest absolute Gasteiger partial charge is 0.254 e. The Hall–Kier alpha value is -4.14. The van der Waals surface area contributed by atoms with Gasteiger partial charge in [0, 0.05) is 50.0 Å². The molecule has 3 aromatic rings. The van der Waals surface area contributed by atoms with Crippen LogP contribution in [0, 0.1) is 11.6 Å². The zero-order valence-corrected chi connectivity index (χ0v) is 21.5. The number of methoxy groups -OCH3 is 2. The van der Waals surface area contributed by atoms with Crippen molar-refractivity contribution in [2.45, 2.75) is 12.0 Å². The van der Waals surface area contributed by atoms with E-state index in [1.807, 2.05) is 0 Å². The predicted octanol–water partition coefficient (Wildman–Crippen LogP) is 4.24. The van der Waals surface area contributed by atoms with Crippen LogP contribution in [0.15, 0.2) is 60.7 Å². The van der Waals surface area contributed by atoms with E-state index in [-0.39, 0.29) is 23.2 Å². The van der Waals surface area contributed by atoms with Crippen LogP contribution in [-0.4, -0.2) is 69.1 Å². The van der Waals surface area contributed by atoms with Gasteiger partial charge in [0.15, 0.2) is 11.5 Å². The summed E-state index contributed by atoms with van der Waals surface area (Å²) in [7, 11) is 4.55. The van der Waals surface area contributed by atoms with Crippen LogP contribution in [0.3, 0.4) is 0 Å². The summed E-state index contributed by atoms with van der Waals surface area (Å²) in [5.41, 5.74) is 1.95. The van der Waals surface area contributed by atoms with E-state index in [1.54, 1.807) is 54.4 Å². The number of likely N-dealkylation sites (N-methyl/N-ethyl adjacent to an activating group) is 1. The first-order chi connectivity index (χ1) is 18.3. The first-order valence-corrected chi connectivity index (χ1v) is 12.4. The molecule has 9 heteroatoms. The topological polar surface area (TPSA) is 62.3 Å². The molecular weight excluding hydrogens is 492 g/mol. The number of ether oxygens (including phenoxy) is 2. The van der Waals surface area contributed by atoms with Crippen LogP contribution >= 0.6 is 0 Å². The number of benzene rings is 3. The third kappa shape index (κ3) is 4.42. The molecule has 3 aromatic carbocycles. The molecule has 5 rings (SSSR count). The van der Waals surface area contributed by atoms with Crippen molar-refractivity contribution in [3.8, 4) is 11.5 Å². The maximum Gasteiger partial charge on any atom is 0.254 e. The highest BCUT2D eigenvalue weighted by molar-refractivity contribution is 6.02. The molecule has 0 unspecified atom stereocenters. The van der Waals surface area contributed by atoms with Crippen LogP contribution in [0.25, 0.3) is 0 Å². The highest BCUT2D eigenvalue weighted by Crippen LogP contribution is 2.46. The van der Waals surface area contributed by atoms with Crippen LogP contribution < -0.4 is 14.4 Å². The van der Waals surface area contributed by atoms with Gasteiger partial charge in [0.2, 0.25) is 5.91 Å². The van der Waals surface area contributed by atoms with Gasteiger partial charge in [-0.3, -0.25) is 9.59 Å². The lowest BCUT2D eigenvalue weighted by molar-refractivity contribution is -0.134. The van der Waals surface area contributed by atoms with Crippen LogP contribution in [0.4, 0.5) is 14.5 Å². The summed E-state index contributed by atoms with van der Waals surface area (Å²) in [6, 6.07) is 14.9. The Morgan fingerprint density at radius 1 is 0.868 bits per heavy atom. The molecule has 198 valence electrons. The Balaban J connectivity index is 1.53. The van der Waals surface area contributed by atoms with Crippen LogP contribution in [-0.2, 0) is 4.79 Å². The fourth-order valence-corrected chi connectivity index (χ4v) is 5.45. The number of nitrogens with zero attached hydrogens (tertiary/aromatic N) is 3. The van der Waals surface area contributed by atoms with Crippen molar-refractivity contribution in [2.75, 3.05) is 52.3 Å². The molecule has 38 heavy (non-hydrogen) atoms. The standard InChI is InChI=1S/C29H29F2N3O4/c1-32-27(20-6-4-5-7-23(20)31)26(21-16-24(37-2)25(38-3)17-22(21)28(32)35)29(36)34-14-12-33(13-15-34)19-10-8-18(30)9-11-19/h4-11,16-17,26-27H,12-15H2,1-3H3/t26-,27-/m1/s1. The average Bonchev–Trinajstić information content (AvgIpc) is 2.95. The van der Waals surface area contributed by atoms with Gasteiger partial charge in [-0.2, -0.15) is 0 Å². The quantitative estimate of drug-likeness (QED) is 0.503. The Kier molecular flexibility index (Phi) is 6.93.